The monoisotopic (exact) mass is 274 g/mol. The standard InChI is InChI=1S/C15H18N2O3/c1-10(12-6-4-11(9-16)5-7-12)17-13(18)8-15(2,3)14(19)20/h4-7,10H,8H2,1-3H3,(H,17,18)(H,19,20). The van der Waals surface area contributed by atoms with E-state index in [-0.39, 0.29) is 18.4 Å². The molecule has 1 unspecified atom stereocenters. The molecule has 0 heterocycles. The molecule has 20 heavy (non-hydrogen) atoms. The van der Waals surface area contributed by atoms with Gasteiger partial charge in [0.2, 0.25) is 5.91 Å². The number of amides is 1. The van der Waals surface area contributed by atoms with Crippen LogP contribution in [0.25, 0.3) is 0 Å². The van der Waals surface area contributed by atoms with Gasteiger partial charge in [0.25, 0.3) is 0 Å². The van der Waals surface area contributed by atoms with Crippen LogP contribution >= 0.6 is 0 Å². The molecule has 0 bridgehead atoms. The maximum Gasteiger partial charge on any atom is 0.309 e. The molecule has 1 amide bonds. The number of nitrogens with zero attached hydrogens (tertiary/aromatic N) is 1. The number of aliphatic carboxylic acids is 1. The first-order valence-corrected chi connectivity index (χ1v) is 6.29. The summed E-state index contributed by atoms with van der Waals surface area (Å²) in [7, 11) is 0. The Bertz CT molecular complexity index is 541. The molecule has 0 aliphatic rings. The number of nitrogens with one attached hydrogen (secondary N) is 1. The maximum atomic E-state index is 11.8. The van der Waals surface area contributed by atoms with E-state index in [1.807, 2.05) is 13.0 Å². The molecule has 1 aromatic rings. The zero-order valence-corrected chi connectivity index (χ0v) is 11.8. The van der Waals surface area contributed by atoms with E-state index in [9.17, 15) is 9.59 Å². The van der Waals surface area contributed by atoms with Crippen molar-refractivity contribution in [1.82, 2.24) is 5.32 Å². The lowest BCUT2D eigenvalue weighted by Gasteiger charge is -2.20. The van der Waals surface area contributed by atoms with Crippen molar-refractivity contribution < 1.29 is 14.7 Å². The highest BCUT2D eigenvalue weighted by atomic mass is 16.4. The molecule has 0 aliphatic carbocycles. The lowest BCUT2D eigenvalue weighted by Crippen LogP contribution is -2.34. The molecule has 5 nitrogen and oxygen atoms in total. The van der Waals surface area contributed by atoms with Gasteiger partial charge in [0.05, 0.1) is 23.1 Å². The van der Waals surface area contributed by atoms with Gasteiger partial charge in [-0.15, -0.1) is 0 Å². The van der Waals surface area contributed by atoms with Crippen molar-refractivity contribution in [2.45, 2.75) is 33.2 Å². The fourth-order valence-corrected chi connectivity index (χ4v) is 1.70. The summed E-state index contributed by atoms with van der Waals surface area (Å²) in [5.41, 5.74) is 0.332. The van der Waals surface area contributed by atoms with E-state index in [2.05, 4.69) is 5.32 Å². The normalized spacial score (nSPS) is 12.3. The van der Waals surface area contributed by atoms with Gasteiger partial charge >= 0.3 is 5.97 Å². The van der Waals surface area contributed by atoms with Gasteiger partial charge in [-0.25, -0.2) is 0 Å². The quantitative estimate of drug-likeness (QED) is 0.861. The van der Waals surface area contributed by atoms with E-state index in [4.69, 9.17) is 10.4 Å². The molecule has 1 atom stereocenters. The minimum atomic E-state index is -1.09. The molecular weight excluding hydrogens is 256 g/mol. The van der Waals surface area contributed by atoms with Gasteiger partial charge in [0.15, 0.2) is 0 Å². The van der Waals surface area contributed by atoms with Crippen LogP contribution in [0.1, 0.15) is 44.4 Å². The molecule has 2 N–H and O–H groups in total. The molecule has 106 valence electrons. The van der Waals surface area contributed by atoms with E-state index >= 15 is 0 Å². The molecule has 0 fully saturated rings. The molecule has 0 aliphatic heterocycles. The van der Waals surface area contributed by atoms with Crippen molar-refractivity contribution in [2.75, 3.05) is 0 Å². The Kier molecular flexibility index (Phi) is 4.87. The Morgan fingerprint density at radius 1 is 1.35 bits per heavy atom. The largest absolute Gasteiger partial charge is 0.481 e. The maximum absolute atomic E-state index is 11.8. The first-order valence-electron chi connectivity index (χ1n) is 6.29. The number of rotatable bonds is 5. The van der Waals surface area contributed by atoms with Crippen LogP contribution in [0.4, 0.5) is 0 Å². The summed E-state index contributed by atoms with van der Waals surface area (Å²) >= 11 is 0. The van der Waals surface area contributed by atoms with Gasteiger partial charge in [0.1, 0.15) is 0 Å². The smallest absolute Gasteiger partial charge is 0.309 e. The van der Waals surface area contributed by atoms with Crippen molar-refractivity contribution in [3.05, 3.63) is 35.4 Å². The average molecular weight is 274 g/mol. The topological polar surface area (TPSA) is 90.2 Å². The highest BCUT2D eigenvalue weighted by molar-refractivity contribution is 5.84. The van der Waals surface area contributed by atoms with Crippen LogP contribution < -0.4 is 5.32 Å². The van der Waals surface area contributed by atoms with Gasteiger partial charge < -0.3 is 10.4 Å². The SMILES string of the molecule is CC(NC(=O)CC(C)(C)C(=O)O)c1ccc(C#N)cc1. The minimum Gasteiger partial charge on any atom is -0.481 e. The zero-order chi connectivity index (χ0) is 15.3. The van der Waals surface area contributed by atoms with Crippen molar-refractivity contribution in [3.63, 3.8) is 0 Å². The highest BCUT2D eigenvalue weighted by Gasteiger charge is 2.30. The first-order chi connectivity index (χ1) is 9.26. The number of carboxylic acids is 1. The molecule has 0 saturated carbocycles. The predicted octanol–water partition coefficient (Wildman–Crippen LogP) is 2.24. The lowest BCUT2D eigenvalue weighted by molar-refractivity contribution is -0.149. The molecule has 0 aromatic heterocycles. The third-order valence-electron chi connectivity index (χ3n) is 3.10. The van der Waals surface area contributed by atoms with Crippen LogP contribution in [0.2, 0.25) is 0 Å². The molecule has 1 rings (SSSR count). The van der Waals surface area contributed by atoms with Crippen molar-refractivity contribution in [2.24, 2.45) is 5.41 Å². The summed E-state index contributed by atoms with van der Waals surface area (Å²) in [5.74, 6) is -1.31. The Morgan fingerprint density at radius 3 is 2.35 bits per heavy atom. The summed E-state index contributed by atoms with van der Waals surface area (Å²) in [6.07, 6.45) is -0.0804. The summed E-state index contributed by atoms with van der Waals surface area (Å²) in [6, 6.07) is 8.69. The Morgan fingerprint density at radius 2 is 1.90 bits per heavy atom. The second-order valence-corrected chi connectivity index (χ2v) is 5.39. The lowest BCUT2D eigenvalue weighted by atomic mass is 9.89. The van der Waals surface area contributed by atoms with E-state index in [0.717, 1.165) is 5.56 Å². The third kappa shape index (κ3) is 4.09. The van der Waals surface area contributed by atoms with Crippen LogP contribution in [-0.2, 0) is 9.59 Å². The fraction of sp³-hybridized carbons (Fsp3) is 0.400. The van der Waals surface area contributed by atoms with Crippen molar-refractivity contribution in [1.29, 1.82) is 5.26 Å². The predicted molar refractivity (Wildman–Crippen MR) is 73.7 cm³/mol. The highest BCUT2D eigenvalue weighted by Crippen LogP contribution is 2.21. The van der Waals surface area contributed by atoms with E-state index in [1.54, 1.807) is 24.3 Å². The Labute approximate surface area is 118 Å². The number of carbonyl (C=O) groups excluding carboxylic acids is 1. The summed E-state index contributed by atoms with van der Waals surface area (Å²) in [5, 5.41) is 20.5. The first kappa shape index (κ1) is 15.7. The van der Waals surface area contributed by atoms with E-state index in [1.165, 1.54) is 13.8 Å². The molecule has 0 spiro atoms. The third-order valence-corrected chi connectivity index (χ3v) is 3.10. The minimum absolute atomic E-state index is 0.0804. The van der Waals surface area contributed by atoms with Crippen LogP contribution in [-0.4, -0.2) is 17.0 Å². The molecular formula is C15H18N2O3. The number of hydrogen-bond donors (Lipinski definition) is 2. The van der Waals surface area contributed by atoms with Crippen molar-refractivity contribution >= 4 is 11.9 Å². The number of hydrogen-bond acceptors (Lipinski definition) is 3. The summed E-state index contributed by atoms with van der Waals surface area (Å²) in [6.45, 7) is 4.84. The van der Waals surface area contributed by atoms with Gasteiger partial charge in [-0.05, 0) is 38.5 Å². The van der Waals surface area contributed by atoms with Crippen LogP contribution in [0, 0.1) is 16.7 Å². The van der Waals surface area contributed by atoms with Crippen LogP contribution in [0.3, 0.4) is 0 Å². The van der Waals surface area contributed by atoms with Crippen LogP contribution in [0.15, 0.2) is 24.3 Å². The average Bonchev–Trinajstić information content (AvgIpc) is 2.37. The summed E-state index contributed by atoms with van der Waals surface area (Å²) in [4.78, 5) is 22.8. The second-order valence-electron chi connectivity index (χ2n) is 5.39. The van der Waals surface area contributed by atoms with E-state index in [0.29, 0.717) is 5.56 Å². The van der Waals surface area contributed by atoms with Gasteiger partial charge in [-0.3, -0.25) is 9.59 Å². The number of carbonyl (C=O) groups is 2. The second kappa shape index (κ2) is 6.20. The van der Waals surface area contributed by atoms with Gasteiger partial charge in [-0.1, -0.05) is 12.1 Å². The van der Waals surface area contributed by atoms with Crippen molar-refractivity contribution in [3.8, 4) is 6.07 Å². The molecule has 5 heteroatoms. The zero-order valence-electron chi connectivity index (χ0n) is 11.8. The summed E-state index contributed by atoms with van der Waals surface area (Å²) < 4.78 is 0. The molecule has 0 saturated heterocycles. The van der Waals surface area contributed by atoms with Crippen LogP contribution in [0.5, 0.6) is 0 Å². The number of nitriles is 1. The molecule has 1 aromatic carbocycles. The van der Waals surface area contributed by atoms with E-state index < -0.39 is 11.4 Å². The fourth-order valence-electron chi connectivity index (χ4n) is 1.70. The molecule has 0 radical (unpaired) electrons. The van der Waals surface area contributed by atoms with Gasteiger partial charge in [-0.2, -0.15) is 5.26 Å². The number of benzene rings is 1. The number of carboxylic acid groups (broad SMARTS) is 1. The Hall–Kier alpha value is -2.35. The van der Waals surface area contributed by atoms with Gasteiger partial charge in [0, 0.05) is 6.42 Å². The Balaban J connectivity index is 2.66.